The first kappa shape index (κ1) is 20.4. The van der Waals surface area contributed by atoms with E-state index in [4.69, 9.17) is 17.3 Å². The number of hydrogen-bond donors (Lipinski definition) is 2. The molecule has 5 rings (SSSR count). The van der Waals surface area contributed by atoms with Crippen molar-refractivity contribution in [3.8, 4) is 0 Å². The molecular formula is C20H14ClF4N7. The van der Waals surface area contributed by atoms with Crippen LogP contribution in [0.2, 0.25) is 5.02 Å². The summed E-state index contributed by atoms with van der Waals surface area (Å²) in [6.07, 6.45) is -0.297. The minimum atomic E-state index is -4.63. The van der Waals surface area contributed by atoms with E-state index in [2.05, 4.69) is 24.9 Å². The Morgan fingerprint density at radius 2 is 1.88 bits per heavy atom. The van der Waals surface area contributed by atoms with Gasteiger partial charge in [-0.05, 0) is 30.2 Å². The van der Waals surface area contributed by atoms with Crippen molar-refractivity contribution < 1.29 is 17.6 Å². The molecule has 164 valence electrons. The van der Waals surface area contributed by atoms with E-state index in [1.807, 2.05) is 0 Å². The van der Waals surface area contributed by atoms with Crippen LogP contribution < -0.4 is 10.6 Å². The number of H-pyrrole nitrogens is 1. The first-order valence-corrected chi connectivity index (χ1v) is 9.84. The molecule has 0 bridgehead atoms. The molecule has 0 fully saturated rings. The maximum absolute atomic E-state index is 14.8. The van der Waals surface area contributed by atoms with Crippen LogP contribution in [0.25, 0.3) is 10.9 Å². The maximum Gasteiger partial charge on any atom is 0.433 e. The van der Waals surface area contributed by atoms with Gasteiger partial charge in [-0.25, -0.2) is 24.3 Å². The quantitative estimate of drug-likeness (QED) is 0.430. The molecule has 0 aliphatic carbocycles. The highest BCUT2D eigenvalue weighted by molar-refractivity contribution is 6.31. The van der Waals surface area contributed by atoms with E-state index in [-0.39, 0.29) is 23.5 Å². The normalized spacial score (nSPS) is 16.4. The number of halogens is 5. The number of aromatic nitrogens is 5. The second-order valence-corrected chi connectivity index (χ2v) is 7.67. The number of rotatable bonds is 2. The molecule has 1 aliphatic rings. The van der Waals surface area contributed by atoms with Crippen LogP contribution in [-0.2, 0) is 12.6 Å². The highest BCUT2D eigenvalue weighted by atomic mass is 35.5. The number of nitrogens with zero attached hydrogens (tertiary/aromatic N) is 5. The number of hydrogen-bond acceptors (Lipinski definition) is 6. The molecule has 1 aromatic carbocycles. The van der Waals surface area contributed by atoms with Gasteiger partial charge in [0, 0.05) is 47.3 Å². The number of nitrogens with two attached hydrogens (primary N) is 1. The molecule has 1 aliphatic heterocycles. The number of nitrogen functional groups attached to an aromatic ring is 1. The molecule has 12 heteroatoms. The third-order valence-electron chi connectivity index (χ3n) is 5.38. The van der Waals surface area contributed by atoms with E-state index in [1.165, 1.54) is 18.5 Å². The van der Waals surface area contributed by atoms with Crippen LogP contribution in [0.4, 0.5) is 29.5 Å². The van der Waals surface area contributed by atoms with Gasteiger partial charge in [-0.3, -0.25) is 0 Å². The van der Waals surface area contributed by atoms with Crippen LogP contribution in [0.15, 0.2) is 36.8 Å². The van der Waals surface area contributed by atoms with Gasteiger partial charge in [0.1, 0.15) is 11.7 Å². The van der Waals surface area contributed by atoms with E-state index >= 15 is 0 Å². The second kappa shape index (κ2) is 7.30. The van der Waals surface area contributed by atoms with Gasteiger partial charge in [-0.15, -0.1) is 0 Å². The zero-order valence-corrected chi connectivity index (χ0v) is 16.9. The summed E-state index contributed by atoms with van der Waals surface area (Å²) < 4.78 is 54.6. The average molecular weight is 464 g/mol. The smallest absolute Gasteiger partial charge is 0.368 e. The molecule has 0 spiro atoms. The van der Waals surface area contributed by atoms with Crippen molar-refractivity contribution in [2.45, 2.75) is 18.6 Å². The van der Waals surface area contributed by atoms with Crippen molar-refractivity contribution in [1.29, 1.82) is 0 Å². The zero-order chi connectivity index (χ0) is 22.6. The Morgan fingerprint density at radius 1 is 1.12 bits per heavy atom. The molecule has 32 heavy (non-hydrogen) atoms. The molecule has 3 N–H and O–H groups in total. The van der Waals surface area contributed by atoms with Gasteiger partial charge in [-0.1, -0.05) is 11.6 Å². The molecule has 0 saturated heterocycles. The first-order chi connectivity index (χ1) is 15.2. The molecule has 0 saturated carbocycles. The summed E-state index contributed by atoms with van der Waals surface area (Å²) in [5.41, 5.74) is 6.83. The number of anilines is 2. The van der Waals surface area contributed by atoms with Crippen LogP contribution in [0.3, 0.4) is 0 Å². The van der Waals surface area contributed by atoms with Crippen molar-refractivity contribution in [1.82, 2.24) is 24.9 Å². The van der Waals surface area contributed by atoms with Crippen molar-refractivity contribution in [2.75, 3.05) is 17.2 Å². The number of fused-ring (bicyclic) bond motifs is 3. The predicted octanol–water partition coefficient (Wildman–Crippen LogP) is 4.29. The fraction of sp³-hybridized carbons (Fsp3) is 0.200. The summed E-state index contributed by atoms with van der Waals surface area (Å²) in [6.45, 7) is 0.224. The minimum absolute atomic E-state index is 0.0182. The minimum Gasteiger partial charge on any atom is -0.368 e. The lowest BCUT2D eigenvalue weighted by molar-refractivity contribution is -0.141. The van der Waals surface area contributed by atoms with Crippen molar-refractivity contribution in [2.24, 2.45) is 0 Å². The second-order valence-electron chi connectivity index (χ2n) is 7.26. The van der Waals surface area contributed by atoms with Crippen LogP contribution >= 0.6 is 11.6 Å². The van der Waals surface area contributed by atoms with Gasteiger partial charge in [0.05, 0.1) is 5.02 Å². The van der Waals surface area contributed by atoms with Gasteiger partial charge in [-0.2, -0.15) is 13.2 Å². The zero-order valence-electron chi connectivity index (χ0n) is 16.2. The summed E-state index contributed by atoms with van der Waals surface area (Å²) in [5.74, 6) is -0.636. The molecule has 7 nitrogen and oxygen atoms in total. The molecule has 1 unspecified atom stereocenters. The molecule has 0 radical (unpaired) electrons. The monoisotopic (exact) mass is 463 g/mol. The number of alkyl halides is 3. The Labute approximate surface area is 183 Å². The van der Waals surface area contributed by atoms with E-state index < -0.39 is 23.7 Å². The lowest BCUT2D eigenvalue weighted by atomic mass is 9.94. The van der Waals surface area contributed by atoms with Crippen LogP contribution in [0, 0.1) is 5.82 Å². The summed E-state index contributed by atoms with van der Waals surface area (Å²) >= 11 is 5.98. The summed E-state index contributed by atoms with van der Waals surface area (Å²) in [7, 11) is 0. The highest BCUT2D eigenvalue weighted by Gasteiger charge is 2.37. The topological polar surface area (TPSA) is 96.6 Å². The van der Waals surface area contributed by atoms with Crippen LogP contribution in [0.1, 0.15) is 28.6 Å². The van der Waals surface area contributed by atoms with Gasteiger partial charge < -0.3 is 15.6 Å². The summed E-state index contributed by atoms with van der Waals surface area (Å²) in [4.78, 5) is 20.6. The fourth-order valence-corrected chi connectivity index (χ4v) is 4.17. The molecule has 1 atom stereocenters. The van der Waals surface area contributed by atoms with Gasteiger partial charge in [0.2, 0.25) is 11.9 Å². The lowest BCUT2D eigenvalue weighted by Gasteiger charge is -2.36. The van der Waals surface area contributed by atoms with Gasteiger partial charge in [0.25, 0.3) is 0 Å². The van der Waals surface area contributed by atoms with Crippen LogP contribution in [-0.4, -0.2) is 31.5 Å². The third-order valence-corrected chi connectivity index (χ3v) is 5.67. The predicted molar refractivity (Wildman–Crippen MR) is 110 cm³/mol. The number of benzene rings is 1. The van der Waals surface area contributed by atoms with Gasteiger partial charge >= 0.3 is 6.18 Å². The Hall–Kier alpha value is -3.47. The summed E-state index contributed by atoms with van der Waals surface area (Å²) in [6, 6.07) is 3.20. The molecule has 4 heterocycles. The van der Waals surface area contributed by atoms with E-state index in [1.54, 1.807) is 11.0 Å². The maximum atomic E-state index is 14.8. The summed E-state index contributed by atoms with van der Waals surface area (Å²) in [5, 5.41) is 0.328. The number of nitrogens with one attached hydrogen (secondary N) is 1. The lowest BCUT2D eigenvalue weighted by Crippen LogP contribution is -2.37. The van der Waals surface area contributed by atoms with Gasteiger partial charge in [0.15, 0.2) is 5.82 Å². The fourth-order valence-electron chi connectivity index (χ4n) is 4.01. The molecule has 3 aromatic heterocycles. The van der Waals surface area contributed by atoms with E-state index in [0.717, 1.165) is 12.3 Å². The van der Waals surface area contributed by atoms with Crippen LogP contribution in [0.5, 0.6) is 0 Å². The molecule has 4 aromatic rings. The Balaban J connectivity index is 1.71. The van der Waals surface area contributed by atoms with E-state index in [0.29, 0.717) is 34.1 Å². The number of aromatic amines is 1. The standard InChI is InChI=1S/C20H14ClF4N7/c21-11-1-2-12-14(15(11)22)10-4-6-32(19-27-5-3-13(31-19)20(23,24)25)17(16(10)30-12)9-7-28-18(26)29-8-9/h1-3,5,7-8,17,30H,4,6H2,(H2,26,28,29). The SMILES string of the molecule is Nc1ncc(C2c3[nH]c4ccc(Cl)c(F)c4c3CCN2c2nccc(C(F)(F)F)n2)cn1. The third kappa shape index (κ3) is 3.29. The highest BCUT2D eigenvalue weighted by Crippen LogP contribution is 2.41. The van der Waals surface area contributed by atoms with Crippen molar-refractivity contribution in [3.63, 3.8) is 0 Å². The first-order valence-electron chi connectivity index (χ1n) is 9.47. The van der Waals surface area contributed by atoms with E-state index in [9.17, 15) is 17.6 Å². The van der Waals surface area contributed by atoms with Crippen molar-refractivity contribution in [3.05, 3.63) is 70.1 Å². The molecule has 0 amide bonds. The molecular weight excluding hydrogens is 450 g/mol. The largest absolute Gasteiger partial charge is 0.433 e. The average Bonchev–Trinajstić information content (AvgIpc) is 3.15. The Kier molecular flexibility index (Phi) is 4.66. The van der Waals surface area contributed by atoms with Crippen molar-refractivity contribution >= 4 is 34.4 Å². The Bertz CT molecular complexity index is 1320. The Morgan fingerprint density at radius 3 is 2.59 bits per heavy atom.